The van der Waals surface area contributed by atoms with Crippen molar-refractivity contribution in [1.82, 2.24) is 20.1 Å². The van der Waals surface area contributed by atoms with Crippen LogP contribution in [0, 0.1) is 4.77 Å². The summed E-state index contributed by atoms with van der Waals surface area (Å²) >= 11 is 4.99. The fourth-order valence-electron chi connectivity index (χ4n) is 2.21. The minimum atomic E-state index is -4.43. The number of nitrogens with zero attached hydrogens (tertiary/aromatic N) is 2. The van der Waals surface area contributed by atoms with Crippen LogP contribution >= 0.6 is 12.2 Å². The Morgan fingerprint density at radius 3 is 2.70 bits per heavy atom. The lowest BCUT2D eigenvalue weighted by atomic mass is 10.1. The number of benzene rings is 1. The number of nitrogens with one attached hydrogen (secondary N) is 2. The molecule has 1 aromatic carbocycles. The second-order valence-corrected chi connectivity index (χ2v) is 6.06. The van der Waals surface area contributed by atoms with E-state index >= 15 is 0 Å². The van der Waals surface area contributed by atoms with Crippen LogP contribution in [-0.2, 0) is 24.8 Å². The molecule has 0 saturated carbocycles. The van der Waals surface area contributed by atoms with Crippen LogP contribution in [0.5, 0.6) is 11.5 Å². The number of aromatic nitrogens is 3. The van der Waals surface area contributed by atoms with Gasteiger partial charge in [-0.1, -0.05) is 6.07 Å². The molecule has 11 heteroatoms. The highest BCUT2D eigenvalue weighted by Gasteiger charge is 2.29. The van der Waals surface area contributed by atoms with Crippen molar-refractivity contribution in [2.45, 2.75) is 25.6 Å². The zero-order valence-corrected chi connectivity index (χ0v) is 15.5. The van der Waals surface area contributed by atoms with E-state index in [0.29, 0.717) is 17.0 Å². The molecule has 0 spiro atoms. The number of carbonyl (C=O) groups excluding carboxylic acids is 1. The Bertz CT molecular complexity index is 848. The average molecular weight is 404 g/mol. The van der Waals surface area contributed by atoms with Crippen LogP contribution in [0.1, 0.15) is 17.8 Å². The van der Waals surface area contributed by atoms with Gasteiger partial charge in [-0.25, -0.2) is 0 Å². The lowest BCUT2D eigenvalue weighted by Gasteiger charge is -2.13. The van der Waals surface area contributed by atoms with Gasteiger partial charge >= 0.3 is 6.18 Å². The first-order valence-corrected chi connectivity index (χ1v) is 8.34. The van der Waals surface area contributed by atoms with Gasteiger partial charge in [0.2, 0.25) is 5.91 Å². The van der Waals surface area contributed by atoms with Crippen LogP contribution < -0.4 is 14.8 Å². The monoisotopic (exact) mass is 404 g/mol. The summed E-state index contributed by atoms with van der Waals surface area (Å²) in [4.78, 5) is 12.0. The zero-order chi connectivity index (χ0) is 20.0. The molecule has 0 bridgehead atoms. The normalized spacial score (nSPS) is 11.3. The summed E-state index contributed by atoms with van der Waals surface area (Å²) in [6.45, 7) is -1.17. The number of aryl methyl sites for hydroxylation is 1. The van der Waals surface area contributed by atoms with Gasteiger partial charge < -0.3 is 19.4 Å². The molecular weight excluding hydrogens is 385 g/mol. The van der Waals surface area contributed by atoms with Gasteiger partial charge in [0, 0.05) is 13.5 Å². The first-order valence-electron chi connectivity index (χ1n) is 7.93. The number of methoxy groups -OCH3 is 1. The summed E-state index contributed by atoms with van der Waals surface area (Å²) in [7, 11) is 3.07. The standard InChI is InChI=1S/C16H19F3N4O3S/c1-23-13(21-22-15(23)27)8-20-14(24)6-4-10-3-5-11(12(7-10)25-2)26-9-16(17,18)19/h3,5,7H,4,6,8-9H2,1-2H3,(H,20,24)(H,22,27). The second kappa shape index (κ2) is 8.89. The number of amides is 1. The highest BCUT2D eigenvalue weighted by atomic mass is 32.1. The smallest absolute Gasteiger partial charge is 0.422 e. The molecule has 0 radical (unpaired) electrons. The Hall–Kier alpha value is -2.56. The molecule has 1 aromatic heterocycles. The molecular formula is C16H19F3N4O3S. The number of alkyl halides is 3. The molecule has 0 unspecified atom stereocenters. The first kappa shape index (κ1) is 20.7. The predicted octanol–water partition coefficient (Wildman–Crippen LogP) is 2.68. The largest absolute Gasteiger partial charge is 0.493 e. The highest BCUT2D eigenvalue weighted by Crippen LogP contribution is 2.30. The minimum absolute atomic E-state index is 0.00576. The number of H-pyrrole nitrogens is 1. The topological polar surface area (TPSA) is 81.2 Å². The van der Waals surface area contributed by atoms with E-state index in [-0.39, 0.29) is 30.4 Å². The third-order valence-corrected chi connectivity index (χ3v) is 4.04. The lowest BCUT2D eigenvalue weighted by molar-refractivity contribution is -0.153. The first-order chi connectivity index (χ1) is 12.7. The van der Waals surface area contributed by atoms with E-state index in [0.717, 1.165) is 5.56 Å². The van der Waals surface area contributed by atoms with Gasteiger partial charge in [-0.05, 0) is 36.3 Å². The Balaban J connectivity index is 1.88. The molecule has 1 heterocycles. The molecule has 2 rings (SSSR count). The van der Waals surface area contributed by atoms with Crippen LogP contribution in [0.2, 0.25) is 0 Å². The van der Waals surface area contributed by atoms with Crippen molar-refractivity contribution in [3.63, 3.8) is 0 Å². The number of hydrogen-bond acceptors (Lipinski definition) is 5. The molecule has 148 valence electrons. The third kappa shape index (κ3) is 6.27. The van der Waals surface area contributed by atoms with Crippen molar-refractivity contribution < 1.29 is 27.4 Å². The van der Waals surface area contributed by atoms with Crippen LogP contribution in [0.15, 0.2) is 18.2 Å². The number of carbonyl (C=O) groups is 1. The number of ether oxygens (including phenoxy) is 2. The van der Waals surface area contributed by atoms with E-state index in [1.165, 1.54) is 13.2 Å². The molecule has 0 fully saturated rings. The molecule has 0 aliphatic heterocycles. The van der Waals surface area contributed by atoms with Crippen LogP contribution in [0.25, 0.3) is 0 Å². The molecule has 2 aromatic rings. The van der Waals surface area contributed by atoms with Crippen molar-refractivity contribution in [3.8, 4) is 11.5 Å². The molecule has 2 N–H and O–H groups in total. The van der Waals surface area contributed by atoms with Crippen molar-refractivity contribution >= 4 is 18.1 Å². The van der Waals surface area contributed by atoms with E-state index in [1.54, 1.807) is 23.7 Å². The molecule has 7 nitrogen and oxygen atoms in total. The number of halogens is 3. The Morgan fingerprint density at radius 2 is 2.11 bits per heavy atom. The van der Waals surface area contributed by atoms with Gasteiger partial charge in [0.15, 0.2) is 28.7 Å². The van der Waals surface area contributed by atoms with Crippen LogP contribution in [-0.4, -0.2) is 40.6 Å². The third-order valence-electron chi connectivity index (χ3n) is 3.68. The molecule has 0 saturated heterocycles. The SMILES string of the molecule is COc1cc(CCC(=O)NCc2n[nH]c(=S)n2C)ccc1OCC(F)(F)F. The predicted molar refractivity (Wildman–Crippen MR) is 93.1 cm³/mol. The molecule has 27 heavy (non-hydrogen) atoms. The van der Waals surface area contributed by atoms with Crippen molar-refractivity contribution in [2.24, 2.45) is 7.05 Å². The quantitative estimate of drug-likeness (QED) is 0.662. The Labute approximate surface area is 158 Å². The molecule has 0 aliphatic carbocycles. The van der Waals surface area contributed by atoms with E-state index in [4.69, 9.17) is 21.7 Å². The number of rotatable bonds is 8. The van der Waals surface area contributed by atoms with Crippen LogP contribution in [0.4, 0.5) is 13.2 Å². The van der Waals surface area contributed by atoms with Gasteiger partial charge in [-0.3, -0.25) is 9.89 Å². The zero-order valence-electron chi connectivity index (χ0n) is 14.7. The van der Waals surface area contributed by atoms with Gasteiger partial charge in [0.05, 0.1) is 13.7 Å². The fraction of sp³-hybridized carbons (Fsp3) is 0.438. The summed E-state index contributed by atoms with van der Waals surface area (Å²) in [5.41, 5.74) is 0.736. The average Bonchev–Trinajstić information content (AvgIpc) is 2.94. The number of hydrogen-bond donors (Lipinski definition) is 2. The summed E-state index contributed by atoms with van der Waals surface area (Å²) in [6.07, 6.45) is -3.85. The van der Waals surface area contributed by atoms with Gasteiger partial charge in [0.1, 0.15) is 0 Å². The maximum Gasteiger partial charge on any atom is 0.422 e. The van der Waals surface area contributed by atoms with E-state index in [2.05, 4.69) is 15.5 Å². The van der Waals surface area contributed by atoms with Crippen molar-refractivity contribution in [3.05, 3.63) is 34.4 Å². The van der Waals surface area contributed by atoms with Gasteiger partial charge in [-0.2, -0.15) is 18.3 Å². The van der Waals surface area contributed by atoms with Gasteiger partial charge in [0.25, 0.3) is 0 Å². The number of aromatic amines is 1. The minimum Gasteiger partial charge on any atom is -0.493 e. The van der Waals surface area contributed by atoms with E-state index < -0.39 is 12.8 Å². The van der Waals surface area contributed by atoms with E-state index in [9.17, 15) is 18.0 Å². The highest BCUT2D eigenvalue weighted by molar-refractivity contribution is 7.71. The summed E-state index contributed by atoms with van der Waals surface area (Å²) in [6, 6.07) is 4.54. The second-order valence-electron chi connectivity index (χ2n) is 5.67. The summed E-state index contributed by atoms with van der Waals surface area (Å²) < 4.78 is 48.7. The lowest BCUT2D eigenvalue weighted by Crippen LogP contribution is -2.24. The maximum absolute atomic E-state index is 12.3. The molecule has 1 amide bonds. The fourth-order valence-corrected chi connectivity index (χ4v) is 2.36. The van der Waals surface area contributed by atoms with Crippen molar-refractivity contribution in [1.29, 1.82) is 0 Å². The molecule has 0 aliphatic rings. The Kier molecular flexibility index (Phi) is 6.83. The van der Waals surface area contributed by atoms with Crippen molar-refractivity contribution in [2.75, 3.05) is 13.7 Å². The van der Waals surface area contributed by atoms with Gasteiger partial charge in [-0.15, -0.1) is 0 Å². The molecule has 0 atom stereocenters. The Morgan fingerprint density at radius 1 is 1.37 bits per heavy atom. The summed E-state index contributed by atoms with van der Waals surface area (Å²) in [5.74, 6) is 0.578. The maximum atomic E-state index is 12.3. The van der Waals surface area contributed by atoms with Crippen LogP contribution in [0.3, 0.4) is 0 Å². The summed E-state index contributed by atoms with van der Waals surface area (Å²) in [5, 5.41) is 9.35. The van der Waals surface area contributed by atoms with E-state index in [1.807, 2.05) is 0 Å².